The predicted octanol–water partition coefficient (Wildman–Crippen LogP) is 4.35. The van der Waals surface area contributed by atoms with Crippen LogP contribution in [0.4, 0.5) is 0 Å². The molecule has 3 heteroatoms. The van der Waals surface area contributed by atoms with Crippen LogP contribution in [0, 0.1) is 0 Å². The molecule has 16 heavy (non-hydrogen) atoms. The lowest BCUT2D eigenvalue weighted by Gasteiger charge is -2.09. The number of hydrogen-bond acceptors (Lipinski definition) is 2. The third-order valence-corrected chi connectivity index (χ3v) is 3.11. The van der Waals surface area contributed by atoms with E-state index in [0.717, 1.165) is 22.9 Å². The zero-order valence-electron chi connectivity index (χ0n) is 10.4. The largest absolute Gasteiger partial charge is 0.466 e. The summed E-state index contributed by atoms with van der Waals surface area (Å²) in [5.41, 5.74) is 1.67. The fourth-order valence-corrected chi connectivity index (χ4v) is 1.97. The summed E-state index contributed by atoms with van der Waals surface area (Å²) in [5, 5.41) is 0. The molecule has 0 aliphatic heterocycles. The van der Waals surface area contributed by atoms with Crippen molar-refractivity contribution < 1.29 is 9.53 Å². The molecule has 0 aliphatic carbocycles. The summed E-state index contributed by atoms with van der Waals surface area (Å²) >= 11 is 3.48. The lowest BCUT2D eigenvalue weighted by molar-refractivity contribution is -0.136. The van der Waals surface area contributed by atoms with Crippen LogP contribution in [0.3, 0.4) is 0 Å². The van der Waals surface area contributed by atoms with Crippen LogP contribution in [0.5, 0.6) is 0 Å². The van der Waals surface area contributed by atoms with Gasteiger partial charge in [-0.1, -0.05) is 47.8 Å². The first-order valence-corrected chi connectivity index (χ1v) is 6.42. The molecule has 0 radical (unpaired) electrons. The van der Waals surface area contributed by atoms with Crippen LogP contribution >= 0.6 is 15.9 Å². The van der Waals surface area contributed by atoms with Gasteiger partial charge in [0, 0.05) is 10.9 Å². The SMILES string of the molecule is C=C(C)C/C(C(=O)OC)=C(\Br)CCCCC. The fourth-order valence-electron chi connectivity index (χ4n) is 1.38. The third-order valence-electron chi connectivity index (χ3n) is 2.24. The van der Waals surface area contributed by atoms with Crippen molar-refractivity contribution >= 4 is 21.9 Å². The van der Waals surface area contributed by atoms with Gasteiger partial charge in [0.15, 0.2) is 0 Å². The first-order valence-electron chi connectivity index (χ1n) is 5.63. The second-order valence-electron chi connectivity index (χ2n) is 3.97. The summed E-state index contributed by atoms with van der Waals surface area (Å²) in [6, 6.07) is 0. The number of methoxy groups -OCH3 is 1. The average Bonchev–Trinajstić information content (AvgIpc) is 2.24. The minimum Gasteiger partial charge on any atom is -0.466 e. The van der Waals surface area contributed by atoms with Crippen LogP contribution in [-0.2, 0) is 9.53 Å². The number of carbonyl (C=O) groups is 1. The van der Waals surface area contributed by atoms with Crippen molar-refractivity contribution in [2.45, 2.75) is 46.0 Å². The maximum atomic E-state index is 11.6. The number of esters is 1. The Bertz CT molecular complexity index is 280. The van der Waals surface area contributed by atoms with Gasteiger partial charge in [0.25, 0.3) is 0 Å². The monoisotopic (exact) mass is 288 g/mol. The second-order valence-corrected chi connectivity index (χ2v) is 4.92. The molecule has 0 saturated heterocycles. The Morgan fingerprint density at radius 3 is 2.44 bits per heavy atom. The van der Waals surface area contributed by atoms with Crippen molar-refractivity contribution in [1.29, 1.82) is 0 Å². The van der Waals surface area contributed by atoms with Gasteiger partial charge >= 0.3 is 5.97 Å². The van der Waals surface area contributed by atoms with Crippen LogP contribution in [0.15, 0.2) is 22.2 Å². The van der Waals surface area contributed by atoms with Crippen LogP contribution in [0.25, 0.3) is 0 Å². The topological polar surface area (TPSA) is 26.3 Å². The van der Waals surface area contributed by atoms with Crippen LogP contribution in [0.1, 0.15) is 46.0 Å². The molecule has 0 heterocycles. The molecule has 0 spiro atoms. The molecule has 2 nitrogen and oxygen atoms in total. The average molecular weight is 289 g/mol. The normalized spacial score (nSPS) is 12.0. The number of allylic oxidation sites excluding steroid dienone is 2. The van der Waals surface area contributed by atoms with E-state index in [9.17, 15) is 4.79 Å². The molecule has 0 aliphatic rings. The van der Waals surface area contributed by atoms with Crippen molar-refractivity contribution in [3.8, 4) is 0 Å². The predicted molar refractivity (Wildman–Crippen MR) is 71.5 cm³/mol. The van der Waals surface area contributed by atoms with Crippen molar-refractivity contribution in [2.75, 3.05) is 7.11 Å². The molecular weight excluding hydrogens is 268 g/mol. The summed E-state index contributed by atoms with van der Waals surface area (Å²) in [7, 11) is 1.41. The number of carbonyl (C=O) groups excluding carboxylic acids is 1. The first-order chi connectivity index (χ1) is 7.52. The Balaban J connectivity index is 4.61. The van der Waals surface area contributed by atoms with Crippen molar-refractivity contribution in [1.82, 2.24) is 0 Å². The molecule has 0 fully saturated rings. The highest BCUT2D eigenvalue weighted by Crippen LogP contribution is 2.24. The summed E-state index contributed by atoms with van der Waals surface area (Å²) < 4.78 is 5.73. The van der Waals surface area contributed by atoms with E-state index in [1.807, 2.05) is 6.92 Å². The summed E-state index contributed by atoms with van der Waals surface area (Å²) in [6.45, 7) is 7.90. The molecule has 0 unspecified atom stereocenters. The molecule has 0 aromatic rings. The molecule has 0 aromatic carbocycles. The van der Waals surface area contributed by atoms with Gasteiger partial charge < -0.3 is 4.74 Å². The molecule has 0 aromatic heterocycles. The zero-order chi connectivity index (χ0) is 12.6. The molecule has 0 bridgehead atoms. The van der Waals surface area contributed by atoms with E-state index in [1.54, 1.807) is 0 Å². The standard InChI is InChI=1S/C13H21BrO2/c1-5-6-7-8-12(14)11(9-10(2)3)13(15)16-4/h2,5-9H2,1,3-4H3/b12-11+. The third kappa shape index (κ3) is 6.11. The van der Waals surface area contributed by atoms with Gasteiger partial charge in [0.05, 0.1) is 12.7 Å². The Kier molecular flexibility index (Phi) is 8.26. The highest BCUT2D eigenvalue weighted by Gasteiger charge is 2.14. The molecule has 0 saturated carbocycles. The maximum absolute atomic E-state index is 11.6. The molecular formula is C13H21BrO2. The first kappa shape index (κ1) is 15.4. The van der Waals surface area contributed by atoms with E-state index in [4.69, 9.17) is 4.74 Å². The van der Waals surface area contributed by atoms with E-state index in [0.29, 0.717) is 12.0 Å². The van der Waals surface area contributed by atoms with E-state index in [1.165, 1.54) is 20.0 Å². The van der Waals surface area contributed by atoms with Crippen molar-refractivity contribution in [3.05, 3.63) is 22.2 Å². The maximum Gasteiger partial charge on any atom is 0.334 e. The van der Waals surface area contributed by atoms with Crippen LogP contribution in [0.2, 0.25) is 0 Å². The molecule has 92 valence electrons. The Morgan fingerprint density at radius 1 is 1.38 bits per heavy atom. The van der Waals surface area contributed by atoms with Crippen molar-refractivity contribution in [2.24, 2.45) is 0 Å². The van der Waals surface area contributed by atoms with Gasteiger partial charge in [-0.05, 0) is 19.8 Å². The van der Waals surface area contributed by atoms with Crippen LogP contribution in [-0.4, -0.2) is 13.1 Å². The molecule has 0 amide bonds. The summed E-state index contributed by atoms with van der Waals surface area (Å²) in [6.07, 6.45) is 4.92. The second kappa shape index (κ2) is 8.57. The van der Waals surface area contributed by atoms with E-state index >= 15 is 0 Å². The minimum atomic E-state index is -0.258. The van der Waals surface area contributed by atoms with Gasteiger partial charge in [0.1, 0.15) is 0 Å². The highest BCUT2D eigenvalue weighted by atomic mass is 79.9. The van der Waals surface area contributed by atoms with Crippen LogP contribution < -0.4 is 0 Å². The fraction of sp³-hybridized carbons (Fsp3) is 0.615. The number of halogens is 1. The summed E-state index contributed by atoms with van der Waals surface area (Å²) in [5.74, 6) is -0.258. The zero-order valence-corrected chi connectivity index (χ0v) is 12.0. The van der Waals surface area contributed by atoms with E-state index in [2.05, 4.69) is 29.4 Å². The van der Waals surface area contributed by atoms with Gasteiger partial charge in [-0.2, -0.15) is 0 Å². The van der Waals surface area contributed by atoms with Crippen molar-refractivity contribution in [3.63, 3.8) is 0 Å². The minimum absolute atomic E-state index is 0.258. The number of unbranched alkanes of at least 4 members (excludes halogenated alkanes) is 2. The summed E-state index contributed by atoms with van der Waals surface area (Å²) in [4.78, 5) is 11.6. The van der Waals surface area contributed by atoms with Gasteiger partial charge in [-0.15, -0.1) is 0 Å². The lowest BCUT2D eigenvalue weighted by atomic mass is 10.1. The molecule has 0 rings (SSSR count). The quantitative estimate of drug-likeness (QED) is 0.301. The Morgan fingerprint density at radius 2 is 2.00 bits per heavy atom. The molecule has 0 N–H and O–H groups in total. The number of rotatable bonds is 7. The van der Waals surface area contributed by atoms with E-state index < -0.39 is 0 Å². The number of ether oxygens (including phenoxy) is 1. The van der Waals surface area contributed by atoms with Gasteiger partial charge in [-0.3, -0.25) is 0 Å². The Labute approximate surface area is 107 Å². The highest BCUT2D eigenvalue weighted by molar-refractivity contribution is 9.11. The Hall–Kier alpha value is -0.570. The van der Waals surface area contributed by atoms with E-state index in [-0.39, 0.29) is 5.97 Å². The van der Waals surface area contributed by atoms with Gasteiger partial charge in [-0.25, -0.2) is 4.79 Å². The lowest BCUT2D eigenvalue weighted by Crippen LogP contribution is -2.07. The molecule has 0 atom stereocenters. The smallest absolute Gasteiger partial charge is 0.334 e. The van der Waals surface area contributed by atoms with Gasteiger partial charge in [0.2, 0.25) is 0 Å². The number of hydrogen-bond donors (Lipinski definition) is 0.